The summed E-state index contributed by atoms with van der Waals surface area (Å²) in [6, 6.07) is 0. The van der Waals surface area contributed by atoms with Crippen molar-refractivity contribution in [2.45, 2.75) is 12.8 Å². The van der Waals surface area contributed by atoms with Crippen LogP contribution in [0.4, 0.5) is 0 Å². The maximum atomic E-state index is 11.8. The molecule has 0 aliphatic carbocycles. The minimum atomic E-state index is -3.18. The Morgan fingerprint density at radius 3 is 2.85 bits per heavy atom. The van der Waals surface area contributed by atoms with Gasteiger partial charge in [0.05, 0.1) is 5.75 Å². The van der Waals surface area contributed by atoms with Gasteiger partial charge in [-0.25, -0.2) is 18.1 Å². The zero-order valence-electron chi connectivity index (χ0n) is 11.5. The summed E-state index contributed by atoms with van der Waals surface area (Å²) in [5.41, 5.74) is 0. The van der Waals surface area contributed by atoms with Crippen molar-refractivity contribution in [3.8, 4) is 0 Å². The zero-order chi connectivity index (χ0) is 14.3. The Morgan fingerprint density at radius 1 is 1.35 bits per heavy atom. The van der Waals surface area contributed by atoms with E-state index in [1.54, 1.807) is 0 Å². The van der Waals surface area contributed by atoms with Crippen LogP contribution in [0.5, 0.6) is 0 Å². The summed E-state index contributed by atoms with van der Waals surface area (Å²) in [5, 5.41) is 9.74. The standard InChI is InChI=1S/C11H22N6O2S/c18-20(19,9-8-17-6-4-12-5-7-17)15-3-1-2-11-13-10-14-16-11/h10,12,15H,1-9H2,(H,13,14,16). The quantitative estimate of drug-likeness (QED) is 0.508. The van der Waals surface area contributed by atoms with Gasteiger partial charge in [-0.2, -0.15) is 5.10 Å². The number of aryl methyl sites for hydroxylation is 1. The first-order valence-corrected chi connectivity index (χ1v) is 8.55. The van der Waals surface area contributed by atoms with E-state index < -0.39 is 10.0 Å². The summed E-state index contributed by atoms with van der Waals surface area (Å²) in [4.78, 5) is 6.16. The number of piperazine rings is 1. The monoisotopic (exact) mass is 302 g/mol. The van der Waals surface area contributed by atoms with Gasteiger partial charge in [0.15, 0.2) is 0 Å². The van der Waals surface area contributed by atoms with Gasteiger partial charge in [0.1, 0.15) is 12.2 Å². The normalized spacial score (nSPS) is 17.4. The average molecular weight is 302 g/mol. The maximum absolute atomic E-state index is 11.8. The second-order valence-corrected chi connectivity index (χ2v) is 6.77. The number of hydrogen-bond donors (Lipinski definition) is 3. The fourth-order valence-corrected chi connectivity index (χ4v) is 3.19. The number of hydrogen-bond acceptors (Lipinski definition) is 6. The highest BCUT2D eigenvalue weighted by Gasteiger charge is 2.14. The number of nitrogens with one attached hydrogen (secondary N) is 3. The lowest BCUT2D eigenvalue weighted by molar-refractivity contribution is 0.253. The fraction of sp³-hybridized carbons (Fsp3) is 0.818. The number of H-pyrrole nitrogens is 1. The Bertz CT molecular complexity index is 469. The van der Waals surface area contributed by atoms with E-state index in [0.717, 1.165) is 32.0 Å². The van der Waals surface area contributed by atoms with Gasteiger partial charge >= 0.3 is 0 Å². The molecule has 0 spiro atoms. The first-order valence-electron chi connectivity index (χ1n) is 6.90. The van der Waals surface area contributed by atoms with Crippen molar-refractivity contribution < 1.29 is 8.42 Å². The SMILES string of the molecule is O=S(=O)(CCN1CCNCC1)NCCCc1ncn[nH]1. The molecule has 2 rings (SSSR count). The largest absolute Gasteiger partial charge is 0.314 e. The van der Waals surface area contributed by atoms with Gasteiger partial charge in [0.25, 0.3) is 0 Å². The van der Waals surface area contributed by atoms with E-state index in [9.17, 15) is 8.42 Å². The molecule has 0 bridgehead atoms. The maximum Gasteiger partial charge on any atom is 0.212 e. The lowest BCUT2D eigenvalue weighted by atomic mass is 10.3. The predicted octanol–water partition coefficient (Wildman–Crippen LogP) is -1.44. The molecule has 1 fully saturated rings. The first kappa shape index (κ1) is 15.4. The first-order chi connectivity index (χ1) is 9.66. The second-order valence-electron chi connectivity index (χ2n) is 4.84. The smallest absolute Gasteiger partial charge is 0.212 e. The van der Waals surface area contributed by atoms with Crippen molar-refractivity contribution in [3.05, 3.63) is 12.2 Å². The minimum Gasteiger partial charge on any atom is -0.314 e. The van der Waals surface area contributed by atoms with Gasteiger partial charge < -0.3 is 5.32 Å². The molecule has 114 valence electrons. The molecule has 0 unspecified atom stereocenters. The third-order valence-corrected chi connectivity index (χ3v) is 4.63. The van der Waals surface area contributed by atoms with E-state index in [2.05, 4.69) is 30.1 Å². The van der Waals surface area contributed by atoms with Crippen LogP contribution in [0.2, 0.25) is 0 Å². The van der Waals surface area contributed by atoms with Crippen LogP contribution < -0.4 is 10.0 Å². The van der Waals surface area contributed by atoms with Gasteiger partial charge in [-0.15, -0.1) is 0 Å². The van der Waals surface area contributed by atoms with Crippen molar-refractivity contribution in [2.24, 2.45) is 0 Å². The molecule has 1 aliphatic rings. The molecule has 0 aromatic carbocycles. The lowest BCUT2D eigenvalue weighted by Crippen LogP contribution is -2.46. The molecule has 9 heteroatoms. The van der Waals surface area contributed by atoms with Crippen LogP contribution in [0.15, 0.2) is 6.33 Å². The number of rotatable bonds is 8. The number of nitrogens with zero attached hydrogens (tertiary/aromatic N) is 3. The summed E-state index contributed by atoms with van der Waals surface area (Å²) in [5.74, 6) is 0.944. The molecular weight excluding hydrogens is 280 g/mol. The summed E-state index contributed by atoms with van der Waals surface area (Å²) in [6.07, 6.45) is 2.86. The third kappa shape index (κ3) is 5.53. The van der Waals surface area contributed by atoms with Crippen molar-refractivity contribution in [3.63, 3.8) is 0 Å². The van der Waals surface area contributed by atoms with E-state index >= 15 is 0 Å². The molecule has 2 heterocycles. The van der Waals surface area contributed by atoms with E-state index in [1.807, 2.05) is 0 Å². The molecule has 8 nitrogen and oxygen atoms in total. The summed E-state index contributed by atoms with van der Waals surface area (Å²) in [7, 11) is -3.18. The van der Waals surface area contributed by atoms with Gasteiger partial charge in [-0.1, -0.05) is 0 Å². The van der Waals surface area contributed by atoms with Crippen LogP contribution in [-0.2, 0) is 16.4 Å². The molecule has 1 saturated heterocycles. The minimum absolute atomic E-state index is 0.162. The number of sulfonamides is 1. The van der Waals surface area contributed by atoms with E-state index in [0.29, 0.717) is 25.9 Å². The van der Waals surface area contributed by atoms with Gasteiger partial charge in [0, 0.05) is 45.7 Å². The van der Waals surface area contributed by atoms with Crippen molar-refractivity contribution >= 4 is 10.0 Å². The molecule has 0 saturated carbocycles. The van der Waals surface area contributed by atoms with Crippen molar-refractivity contribution in [1.29, 1.82) is 0 Å². The van der Waals surface area contributed by atoms with Crippen LogP contribution in [0.1, 0.15) is 12.2 Å². The summed E-state index contributed by atoms with van der Waals surface area (Å²) >= 11 is 0. The second kappa shape index (κ2) is 7.67. The van der Waals surface area contributed by atoms with Crippen LogP contribution in [0.3, 0.4) is 0 Å². The molecule has 20 heavy (non-hydrogen) atoms. The summed E-state index contributed by atoms with van der Waals surface area (Å²) in [6.45, 7) is 4.74. The predicted molar refractivity (Wildman–Crippen MR) is 75.8 cm³/mol. The van der Waals surface area contributed by atoms with Gasteiger partial charge in [0.2, 0.25) is 10.0 Å². The molecule has 3 N–H and O–H groups in total. The Balaban J connectivity index is 1.60. The third-order valence-electron chi connectivity index (χ3n) is 3.26. The molecular formula is C11H22N6O2S. The Hall–Kier alpha value is -1.03. The molecule has 1 aromatic rings. The average Bonchev–Trinajstić information content (AvgIpc) is 2.96. The molecule has 0 radical (unpaired) electrons. The Kier molecular flexibility index (Phi) is 5.89. The topological polar surface area (TPSA) is 103 Å². The van der Waals surface area contributed by atoms with Crippen molar-refractivity contribution in [2.75, 3.05) is 45.0 Å². The Morgan fingerprint density at radius 2 is 2.15 bits per heavy atom. The van der Waals surface area contributed by atoms with Gasteiger partial charge in [-0.05, 0) is 6.42 Å². The van der Waals surface area contributed by atoms with Crippen LogP contribution in [-0.4, -0.2) is 73.5 Å². The zero-order valence-corrected chi connectivity index (χ0v) is 12.3. The number of aromatic amines is 1. The lowest BCUT2D eigenvalue weighted by Gasteiger charge is -2.26. The highest BCUT2D eigenvalue weighted by Crippen LogP contribution is 1.96. The van der Waals surface area contributed by atoms with E-state index in [-0.39, 0.29) is 5.75 Å². The Labute approximate surface area is 119 Å². The molecule has 0 amide bonds. The molecule has 0 atom stereocenters. The van der Waals surface area contributed by atoms with Crippen LogP contribution >= 0.6 is 0 Å². The van der Waals surface area contributed by atoms with Crippen LogP contribution in [0, 0.1) is 0 Å². The highest BCUT2D eigenvalue weighted by molar-refractivity contribution is 7.89. The summed E-state index contributed by atoms with van der Waals surface area (Å²) < 4.78 is 26.3. The van der Waals surface area contributed by atoms with Crippen LogP contribution in [0.25, 0.3) is 0 Å². The number of aromatic nitrogens is 3. The van der Waals surface area contributed by atoms with E-state index in [4.69, 9.17) is 0 Å². The fourth-order valence-electron chi connectivity index (χ4n) is 2.09. The van der Waals surface area contributed by atoms with E-state index in [1.165, 1.54) is 6.33 Å². The highest BCUT2D eigenvalue weighted by atomic mass is 32.2. The molecule has 1 aromatic heterocycles. The molecule has 1 aliphatic heterocycles. The van der Waals surface area contributed by atoms with Gasteiger partial charge in [-0.3, -0.25) is 10.00 Å². The van der Waals surface area contributed by atoms with Crippen molar-refractivity contribution in [1.82, 2.24) is 30.1 Å².